The van der Waals surface area contributed by atoms with Crippen molar-refractivity contribution >= 4 is 0 Å². The number of halogens is 1. The zero-order valence-corrected chi connectivity index (χ0v) is 10.1. The van der Waals surface area contributed by atoms with Crippen molar-refractivity contribution in [2.75, 3.05) is 13.2 Å². The van der Waals surface area contributed by atoms with E-state index in [0.717, 1.165) is 38.0 Å². The average molecular weight is 237 g/mol. The summed E-state index contributed by atoms with van der Waals surface area (Å²) >= 11 is 0. The van der Waals surface area contributed by atoms with Gasteiger partial charge in [-0.2, -0.15) is 0 Å². The predicted molar refractivity (Wildman–Crippen MR) is 66.2 cm³/mol. The van der Waals surface area contributed by atoms with Crippen LogP contribution in [0.2, 0.25) is 0 Å². The maximum atomic E-state index is 13.5. The number of benzene rings is 1. The second-order valence-corrected chi connectivity index (χ2v) is 4.85. The second kappa shape index (κ2) is 6.12. The number of hydrogen-bond donors (Lipinski definition) is 1. The van der Waals surface area contributed by atoms with Crippen molar-refractivity contribution in [1.82, 2.24) is 0 Å². The minimum atomic E-state index is -0.144. The molecule has 2 nitrogen and oxygen atoms in total. The molecule has 1 aromatic rings. The molecule has 3 heteroatoms. The maximum Gasteiger partial charge on any atom is 0.126 e. The van der Waals surface area contributed by atoms with E-state index in [4.69, 9.17) is 10.5 Å². The minimum Gasteiger partial charge on any atom is -0.381 e. The highest BCUT2D eigenvalue weighted by molar-refractivity contribution is 5.18. The quantitative estimate of drug-likeness (QED) is 0.873. The van der Waals surface area contributed by atoms with Crippen LogP contribution in [0.15, 0.2) is 24.3 Å². The van der Waals surface area contributed by atoms with Crippen LogP contribution in [0.3, 0.4) is 0 Å². The number of rotatable bonds is 4. The van der Waals surface area contributed by atoms with E-state index in [0.29, 0.717) is 12.3 Å². The van der Waals surface area contributed by atoms with Gasteiger partial charge in [0.1, 0.15) is 5.82 Å². The third kappa shape index (κ3) is 3.79. The maximum absolute atomic E-state index is 13.5. The molecule has 1 atom stereocenters. The lowest BCUT2D eigenvalue weighted by atomic mass is 9.90. The Balaban J connectivity index is 1.84. The van der Waals surface area contributed by atoms with Gasteiger partial charge >= 0.3 is 0 Å². The zero-order chi connectivity index (χ0) is 12.1. The highest BCUT2D eigenvalue weighted by Gasteiger charge is 2.17. The second-order valence-electron chi connectivity index (χ2n) is 4.85. The summed E-state index contributed by atoms with van der Waals surface area (Å²) in [5.74, 6) is 0.500. The van der Waals surface area contributed by atoms with E-state index >= 15 is 0 Å². The summed E-state index contributed by atoms with van der Waals surface area (Å²) in [6.07, 6.45) is 3.78. The molecule has 0 amide bonds. The zero-order valence-electron chi connectivity index (χ0n) is 10.1. The van der Waals surface area contributed by atoms with E-state index in [1.807, 2.05) is 12.1 Å². The van der Waals surface area contributed by atoms with Gasteiger partial charge in [-0.25, -0.2) is 4.39 Å². The first-order valence-electron chi connectivity index (χ1n) is 6.32. The van der Waals surface area contributed by atoms with Crippen LogP contribution in [0, 0.1) is 11.7 Å². The van der Waals surface area contributed by atoms with Gasteiger partial charge in [0.05, 0.1) is 0 Å². The van der Waals surface area contributed by atoms with Gasteiger partial charge in [-0.05, 0) is 43.2 Å². The monoisotopic (exact) mass is 237 g/mol. The van der Waals surface area contributed by atoms with Gasteiger partial charge < -0.3 is 10.5 Å². The molecule has 1 aromatic carbocycles. The molecule has 17 heavy (non-hydrogen) atoms. The summed E-state index contributed by atoms with van der Waals surface area (Å²) < 4.78 is 18.8. The number of nitrogens with two attached hydrogens (primary N) is 1. The molecule has 0 aliphatic carbocycles. The molecule has 2 N–H and O–H groups in total. The van der Waals surface area contributed by atoms with Gasteiger partial charge in [-0.3, -0.25) is 0 Å². The molecule has 1 fully saturated rings. The van der Waals surface area contributed by atoms with Crippen LogP contribution < -0.4 is 5.73 Å². The first-order valence-corrected chi connectivity index (χ1v) is 6.32. The molecule has 1 saturated heterocycles. The van der Waals surface area contributed by atoms with Crippen molar-refractivity contribution in [2.45, 2.75) is 31.7 Å². The summed E-state index contributed by atoms with van der Waals surface area (Å²) in [5, 5.41) is 0. The summed E-state index contributed by atoms with van der Waals surface area (Å²) in [4.78, 5) is 0. The van der Waals surface area contributed by atoms with Gasteiger partial charge in [0.15, 0.2) is 0 Å². The van der Waals surface area contributed by atoms with Gasteiger partial charge in [0.25, 0.3) is 0 Å². The lowest BCUT2D eigenvalue weighted by Crippen LogP contribution is -2.29. The van der Waals surface area contributed by atoms with Crippen molar-refractivity contribution < 1.29 is 9.13 Å². The van der Waals surface area contributed by atoms with E-state index in [9.17, 15) is 4.39 Å². The Bertz CT molecular complexity index is 350. The Kier molecular flexibility index (Phi) is 4.51. The van der Waals surface area contributed by atoms with E-state index in [2.05, 4.69) is 0 Å². The van der Waals surface area contributed by atoms with Gasteiger partial charge in [0.2, 0.25) is 0 Å². The van der Waals surface area contributed by atoms with Crippen LogP contribution >= 0.6 is 0 Å². The Morgan fingerprint density at radius 1 is 1.29 bits per heavy atom. The summed E-state index contributed by atoms with van der Waals surface area (Å²) in [6.45, 7) is 1.69. The molecule has 1 aliphatic heterocycles. The molecule has 1 unspecified atom stereocenters. The molecular weight excluding hydrogens is 217 g/mol. The van der Waals surface area contributed by atoms with Crippen LogP contribution in [0.25, 0.3) is 0 Å². The normalized spacial score (nSPS) is 19.2. The molecule has 1 aliphatic rings. The molecule has 0 spiro atoms. The third-order valence-electron chi connectivity index (χ3n) is 3.42. The molecule has 2 rings (SSSR count). The Labute approximate surface area is 102 Å². The highest BCUT2D eigenvalue weighted by Crippen LogP contribution is 2.21. The lowest BCUT2D eigenvalue weighted by Gasteiger charge is -2.24. The summed E-state index contributed by atoms with van der Waals surface area (Å²) in [5.41, 5.74) is 6.83. The third-order valence-corrected chi connectivity index (χ3v) is 3.42. The molecule has 0 bridgehead atoms. The smallest absolute Gasteiger partial charge is 0.126 e. The number of ether oxygens (including phenoxy) is 1. The minimum absolute atomic E-state index is 0.0509. The van der Waals surface area contributed by atoms with Gasteiger partial charge in [-0.15, -0.1) is 0 Å². The Morgan fingerprint density at radius 3 is 2.71 bits per heavy atom. The van der Waals surface area contributed by atoms with E-state index in [1.54, 1.807) is 6.07 Å². The predicted octanol–water partition coefficient (Wildman–Crippen LogP) is 2.51. The van der Waals surface area contributed by atoms with E-state index in [-0.39, 0.29) is 11.9 Å². The van der Waals surface area contributed by atoms with Crippen molar-refractivity contribution in [3.05, 3.63) is 35.6 Å². The standard InChI is InChI=1S/C14H20FNO/c15-14-4-2-1-3-12(14)10-13(16)9-11-5-7-17-8-6-11/h1-4,11,13H,5-10,16H2. The molecule has 0 aromatic heterocycles. The largest absolute Gasteiger partial charge is 0.381 e. The SMILES string of the molecule is NC(Cc1ccccc1F)CC1CCOCC1. The molecule has 94 valence electrons. The van der Waals surface area contributed by atoms with E-state index < -0.39 is 0 Å². The van der Waals surface area contributed by atoms with Crippen LogP contribution in [0.4, 0.5) is 4.39 Å². The van der Waals surface area contributed by atoms with Crippen LogP contribution in [-0.2, 0) is 11.2 Å². The first kappa shape index (κ1) is 12.5. The Hall–Kier alpha value is -0.930. The van der Waals surface area contributed by atoms with Crippen molar-refractivity contribution in [3.8, 4) is 0 Å². The molecule has 0 radical (unpaired) electrons. The van der Waals surface area contributed by atoms with Crippen LogP contribution in [-0.4, -0.2) is 19.3 Å². The lowest BCUT2D eigenvalue weighted by molar-refractivity contribution is 0.0618. The van der Waals surface area contributed by atoms with Crippen molar-refractivity contribution in [1.29, 1.82) is 0 Å². The molecule has 1 heterocycles. The van der Waals surface area contributed by atoms with Crippen molar-refractivity contribution in [2.24, 2.45) is 11.7 Å². The fraction of sp³-hybridized carbons (Fsp3) is 0.571. The van der Waals surface area contributed by atoms with Gasteiger partial charge in [-0.1, -0.05) is 18.2 Å². The van der Waals surface area contributed by atoms with Gasteiger partial charge in [0, 0.05) is 19.3 Å². The topological polar surface area (TPSA) is 35.2 Å². The van der Waals surface area contributed by atoms with E-state index in [1.165, 1.54) is 6.07 Å². The van der Waals surface area contributed by atoms with Crippen LogP contribution in [0.1, 0.15) is 24.8 Å². The number of hydrogen-bond acceptors (Lipinski definition) is 2. The Morgan fingerprint density at radius 2 is 2.00 bits per heavy atom. The highest BCUT2D eigenvalue weighted by atomic mass is 19.1. The molecule has 0 saturated carbocycles. The fourth-order valence-electron chi connectivity index (χ4n) is 2.44. The first-order chi connectivity index (χ1) is 8.25. The summed E-state index contributed by atoms with van der Waals surface area (Å²) in [7, 11) is 0. The molecular formula is C14H20FNO. The van der Waals surface area contributed by atoms with Crippen LogP contribution in [0.5, 0.6) is 0 Å². The van der Waals surface area contributed by atoms with Crippen molar-refractivity contribution in [3.63, 3.8) is 0 Å². The fourth-order valence-corrected chi connectivity index (χ4v) is 2.44. The summed E-state index contributed by atoms with van der Waals surface area (Å²) in [6, 6.07) is 6.94. The average Bonchev–Trinajstić information content (AvgIpc) is 2.33.